The molecule has 0 radical (unpaired) electrons. The molecule has 18 heavy (non-hydrogen) atoms. The molecule has 0 bridgehead atoms. The van der Waals surface area contributed by atoms with Crippen molar-refractivity contribution in [1.29, 1.82) is 0 Å². The van der Waals surface area contributed by atoms with Crippen LogP contribution in [0.25, 0.3) is 12.2 Å². The molecule has 0 unspecified atom stereocenters. The molecule has 0 spiro atoms. The van der Waals surface area contributed by atoms with Gasteiger partial charge in [-0.3, -0.25) is 0 Å². The van der Waals surface area contributed by atoms with Crippen molar-refractivity contribution in [2.75, 3.05) is 0 Å². The maximum Gasteiger partial charge on any atom is 0.240 e. The average molecular weight is 235 g/mol. The van der Waals surface area contributed by atoms with Gasteiger partial charge >= 0.3 is 0 Å². The molecule has 0 fully saturated rings. The topological polar surface area (TPSA) is 38.7 Å². The summed E-state index contributed by atoms with van der Waals surface area (Å²) in [6.45, 7) is 0. The van der Waals surface area contributed by atoms with Crippen molar-refractivity contribution >= 4 is 23.9 Å². The van der Waals surface area contributed by atoms with Crippen LogP contribution in [-0.2, 0) is 4.79 Å². The zero-order chi connectivity index (χ0) is 12.4. The summed E-state index contributed by atoms with van der Waals surface area (Å²) in [5.74, 6) is 1.48. The zero-order valence-corrected chi connectivity index (χ0v) is 9.46. The Labute approximate surface area is 104 Å². The van der Waals surface area contributed by atoms with Crippen molar-refractivity contribution in [2.45, 2.75) is 0 Å². The van der Waals surface area contributed by atoms with E-state index in [0.717, 1.165) is 16.9 Å². The van der Waals surface area contributed by atoms with E-state index in [1.165, 1.54) is 6.08 Å². The summed E-state index contributed by atoms with van der Waals surface area (Å²) in [6, 6.07) is 13.1. The molecule has 0 saturated carbocycles. The van der Waals surface area contributed by atoms with E-state index in [2.05, 4.69) is 4.99 Å². The third-order valence-electron chi connectivity index (χ3n) is 2.75. The summed E-state index contributed by atoms with van der Waals surface area (Å²) in [5, 5.41) is 0. The molecular formula is C15H9NO2. The third-order valence-corrected chi connectivity index (χ3v) is 2.75. The van der Waals surface area contributed by atoms with Gasteiger partial charge in [-0.1, -0.05) is 30.4 Å². The highest BCUT2D eigenvalue weighted by Gasteiger charge is 2.10. The van der Waals surface area contributed by atoms with Crippen molar-refractivity contribution in [1.82, 2.24) is 0 Å². The molecule has 3 rings (SSSR count). The van der Waals surface area contributed by atoms with Gasteiger partial charge in [0.25, 0.3) is 0 Å². The second-order valence-corrected chi connectivity index (χ2v) is 3.90. The Morgan fingerprint density at radius 2 is 1.72 bits per heavy atom. The molecule has 0 saturated heterocycles. The van der Waals surface area contributed by atoms with E-state index in [9.17, 15) is 4.79 Å². The van der Waals surface area contributed by atoms with Crippen LogP contribution in [0.2, 0.25) is 0 Å². The Morgan fingerprint density at radius 1 is 0.944 bits per heavy atom. The Bertz CT molecular complexity index is 683. The minimum Gasteiger partial charge on any atom is -0.456 e. The van der Waals surface area contributed by atoms with Gasteiger partial charge in [-0.05, 0) is 18.2 Å². The molecule has 86 valence electrons. The van der Waals surface area contributed by atoms with Gasteiger partial charge in [-0.25, -0.2) is 4.79 Å². The minimum atomic E-state index is 0.538. The lowest BCUT2D eigenvalue weighted by molar-refractivity contribution is 0.481. The van der Waals surface area contributed by atoms with Gasteiger partial charge < -0.3 is 4.74 Å². The maximum atomic E-state index is 10.3. The van der Waals surface area contributed by atoms with E-state index in [1.54, 1.807) is 12.1 Å². The fraction of sp³-hybridized carbons (Fsp3) is 0. The van der Waals surface area contributed by atoms with E-state index >= 15 is 0 Å². The van der Waals surface area contributed by atoms with Crippen LogP contribution in [0.15, 0.2) is 47.5 Å². The summed E-state index contributed by atoms with van der Waals surface area (Å²) >= 11 is 0. The van der Waals surface area contributed by atoms with E-state index in [0.29, 0.717) is 11.4 Å². The Balaban J connectivity index is 2.12. The third kappa shape index (κ3) is 1.83. The van der Waals surface area contributed by atoms with Gasteiger partial charge in [-0.2, -0.15) is 4.99 Å². The summed E-state index contributed by atoms with van der Waals surface area (Å²) in [4.78, 5) is 13.9. The molecule has 3 heteroatoms. The number of ether oxygens (including phenoxy) is 1. The number of hydrogen-bond donors (Lipinski definition) is 0. The Hall–Kier alpha value is -2.64. The predicted molar refractivity (Wildman–Crippen MR) is 69.7 cm³/mol. The van der Waals surface area contributed by atoms with Crippen LogP contribution in [-0.4, -0.2) is 6.08 Å². The van der Waals surface area contributed by atoms with Gasteiger partial charge in [0.05, 0.1) is 5.69 Å². The molecule has 2 aromatic carbocycles. The summed E-state index contributed by atoms with van der Waals surface area (Å²) in [5.41, 5.74) is 2.52. The number of fused-ring (bicyclic) bond motifs is 2. The van der Waals surface area contributed by atoms with Gasteiger partial charge in [0.1, 0.15) is 11.5 Å². The maximum absolute atomic E-state index is 10.3. The van der Waals surface area contributed by atoms with Gasteiger partial charge in [-0.15, -0.1) is 0 Å². The van der Waals surface area contributed by atoms with Crippen LogP contribution in [0.5, 0.6) is 11.5 Å². The quantitative estimate of drug-likeness (QED) is 0.473. The van der Waals surface area contributed by atoms with Crippen LogP contribution in [0.3, 0.4) is 0 Å². The van der Waals surface area contributed by atoms with Crippen LogP contribution < -0.4 is 4.74 Å². The Kier molecular flexibility index (Phi) is 2.52. The van der Waals surface area contributed by atoms with E-state index in [-0.39, 0.29) is 0 Å². The second-order valence-electron chi connectivity index (χ2n) is 3.90. The van der Waals surface area contributed by atoms with Crippen molar-refractivity contribution in [2.24, 2.45) is 4.99 Å². The lowest BCUT2D eigenvalue weighted by Crippen LogP contribution is -1.87. The number of aliphatic imine (C=N–C) groups is 1. The number of hydrogen-bond acceptors (Lipinski definition) is 3. The molecule has 1 aliphatic rings. The van der Waals surface area contributed by atoms with Gasteiger partial charge in [0, 0.05) is 17.2 Å². The first-order chi connectivity index (χ1) is 8.86. The molecule has 0 N–H and O–H groups in total. The van der Waals surface area contributed by atoms with Crippen LogP contribution in [0, 0.1) is 0 Å². The number of benzene rings is 2. The minimum absolute atomic E-state index is 0.538. The Morgan fingerprint density at radius 3 is 2.56 bits per heavy atom. The highest BCUT2D eigenvalue weighted by molar-refractivity contribution is 5.78. The number of carbonyl (C=O) groups excluding carboxylic acids is 1. The average Bonchev–Trinajstić information content (AvgIpc) is 2.57. The van der Waals surface area contributed by atoms with Crippen LogP contribution >= 0.6 is 0 Å². The van der Waals surface area contributed by atoms with E-state index in [4.69, 9.17) is 4.74 Å². The van der Waals surface area contributed by atoms with Gasteiger partial charge in [0.2, 0.25) is 6.08 Å². The zero-order valence-electron chi connectivity index (χ0n) is 9.46. The van der Waals surface area contributed by atoms with Crippen LogP contribution in [0.4, 0.5) is 5.69 Å². The first kappa shape index (κ1) is 10.5. The fourth-order valence-electron chi connectivity index (χ4n) is 1.88. The van der Waals surface area contributed by atoms with E-state index < -0.39 is 0 Å². The number of isocyanates is 1. The van der Waals surface area contributed by atoms with Crippen molar-refractivity contribution in [3.8, 4) is 11.5 Å². The molecule has 3 nitrogen and oxygen atoms in total. The second kappa shape index (κ2) is 4.32. The molecule has 0 aromatic heterocycles. The molecule has 1 aliphatic heterocycles. The first-order valence-electron chi connectivity index (χ1n) is 5.54. The largest absolute Gasteiger partial charge is 0.456 e. The highest BCUT2D eigenvalue weighted by Crippen LogP contribution is 2.35. The molecule has 0 aliphatic carbocycles. The summed E-state index contributed by atoms with van der Waals surface area (Å²) < 4.78 is 5.84. The lowest BCUT2D eigenvalue weighted by Gasteiger charge is -2.08. The standard InChI is InChI=1S/C15H9NO2/c17-10-16-13-8-7-12-6-5-11-3-1-2-4-14(11)18-15(12)9-13/h1-9H. The fourth-order valence-corrected chi connectivity index (χ4v) is 1.88. The monoisotopic (exact) mass is 235 g/mol. The van der Waals surface area contributed by atoms with Crippen molar-refractivity contribution in [3.05, 3.63) is 53.6 Å². The molecule has 2 aromatic rings. The predicted octanol–water partition coefficient (Wildman–Crippen LogP) is 3.93. The molecule has 0 atom stereocenters. The highest BCUT2D eigenvalue weighted by atomic mass is 16.5. The normalized spacial score (nSPS) is 11.6. The van der Waals surface area contributed by atoms with Crippen molar-refractivity contribution < 1.29 is 9.53 Å². The SMILES string of the molecule is O=C=Nc1ccc2c(c1)Oc1ccccc1C=C2. The number of para-hydroxylation sites is 1. The smallest absolute Gasteiger partial charge is 0.240 e. The van der Waals surface area contributed by atoms with Crippen LogP contribution in [0.1, 0.15) is 11.1 Å². The molecular weight excluding hydrogens is 226 g/mol. The van der Waals surface area contributed by atoms with Gasteiger partial charge in [0.15, 0.2) is 0 Å². The number of rotatable bonds is 1. The summed E-state index contributed by atoms with van der Waals surface area (Å²) in [6.07, 6.45) is 5.51. The molecule has 1 heterocycles. The van der Waals surface area contributed by atoms with E-state index in [1.807, 2.05) is 42.5 Å². The first-order valence-corrected chi connectivity index (χ1v) is 5.54. The lowest BCUT2D eigenvalue weighted by atomic mass is 10.1. The summed E-state index contributed by atoms with van der Waals surface area (Å²) in [7, 11) is 0. The number of nitrogens with zero attached hydrogens (tertiary/aromatic N) is 1. The van der Waals surface area contributed by atoms with Crippen molar-refractivity contribution in [3.63, 3.8) is 0 Å². The molecule has 0 amide bonds.